The SMILES string of the molecule is COCCOc1ccccc1C(=O)Nc1ccc(OCC2CCCO2)cc1. The molecule has 1 heterocycles. The Morgan fingerprint density at radius 2 is 1.93 bits per heavy atom. The van der Waals surface area contributed by atoms with Crippen LogP contribution < -0.4 is 14.8 Å². The topological polar surface area (TPSA) is 66.0 Å². The third-order valence-electron chi connectivity index (χ3n) is 4.25. The van der Waals surface area contributed by atoms with E-state index in [1.807, 2.05) is 30.3 Å². The van der Waals surface area contributed by atoms with Crippen molar-refractivity contribution < 1.29 is 23.7 Å². The zero-order valence-corrected chi connectivity index (χ0v) is 15.5. The van der Waals surface area contributed by atoms with E-state index in [1.165, 1.54) is 0 Å². The van der Waals surface area contributed by atoms with Gasteiger partial charge in [-0.25, -0.2) is 0 Å². The summed E-state index contributed by atoms with van der Waals surface area (Å²) in [5, 5.41) is 2.88. The number of amides is 1. The van der Waals surface area contributed by atoms with Crippen LogP contribution in [0.15, 0.2) is 48.5 Å². The first-order valence-corrected chi connectivity index (χ1v) is 9.13. The lowest BCUT2D eigenvalue weighted by Gasteiger charge is -2.13. The first-order valence-electron chi connectivity index (χ1n) is 9.13. The zero-order chi connectivity index (χ0) is 18.9. The van der Waals surface area contributed by atoms with E-state index < -0.39 is 0 Å². The van der Waals surface area contributed by atoms with Crippen LogP contribution in [0.25, 0.3) is 0 Å². The highest BCUT2D eigenvalue weighted by atomic mass is 16.5. The highest BCUT2D eigenvalue weighted by Gasteiger charge is 2.16. The van der Waals surface area contributed by atoms with Crippen molar-refractivity contribution in [3.05, 3.63) is 54.1 Å². The summed E-state index contributed by atoms with van der Waals surface area (Å²) in [6.07, 6.45) is 2.31. The summed E-state index contributed by atoms with van der Waals surface area (Å²) in [4.78, 5) is 12.6. The van der Waals surface area contributed by atoms with Gasteiger partial charge < -0.3 is 24.3 Å². The first kappa shape index (κ1) is 19.2. The van der Waals surface area contributed by atoms with Gasteiger partial charge in [-0.1, -0.05) is 12.1 Å². The standard InChI is InChI=1S/C21H25NO5/c1-24-13-14-26-20-7-3-2-6-19(20)21(23)22-16-8-10-17(11-9-16)27-15-18-5-4-12-25-18/h2-3,6-11,18H,4-5,12-15H2,1H3,(H,22,23). The van der Waals surface area contributed by atoms with E-state index in [4.69, 9.17) is 18.9 Å². The number of rotatable bonds is 9. The average molecular weight is 371 g/mol. The number of ether oxygens (including phenoxy) is 4. The van der Waals surface area contributed by atoms with Crippen LogP contribution in [0.4, 0.5) is 5.69 Å². The second-order valence-corrected chi connectivity index (χ2v) is 6.26. The molecule has 6 nitrogen and oxygen atoms in total. The molecule has 27 heavy (non-hydrogen) atoms. The molecule has 144 valence electrons. The Labute approximate surface area is 159 Å². The van der Waals surface area contributed by atoms with Crippen molar-refractivity contribution in [1.82, 2.24) is 0 Å². The number of methoxy groups -OCH3 is 1. The summed E-state index contributed by atoms with van der Waals surface area (Å²) in [6.45, 7) is 2.22. The van der Waals surface area contributed by atoms with Gasteiger partial charge in [0.2, 0.25) is 0 Å². The monoisotopic (exact) mass is 371 g/mol. The van der Waals surface area contributed by atoms with Crippen LogP contribution in [-0.4, -0.2) is 45.5 Å². The number of carbonyl (C=O) groups excluding carboxylic acids is 1. The van der Waals surface area contributed by atoms with Crippen LogP contribution in [0.2, 0.25) is 0 Å². The van der Waals surface area contributed by atoms with Gasteiger partial charge in [-0.3, -0.25) is 4.79 Å². The molecule has 0 spiro atoms. The minimum atomic E-state index is -0.226. The molecule has 3 rings (SSSR count). The number of hydrogen-bond acceptors (Lipinski definition) is 5. The second-order valence-electron chi connectivity index (χ2n) is 6.26. The van der Waals surface area contributed by atoms with Crippen molar-refractivity contribution in [2.75, 3.05) is 38.9 Å². The third kappa shape index (κ3) is 5.70. The lowest BCUT2D eigenvalue weighted by atomic mass is 10.2. The summed E-state index contributed by atoms with van der Waals surface area (Å²) < 4.78 is 21.9. The quantitative estimate of drug-likeness (QED) is 0.683. The Balaban J connectivity index is 1.56. The third-order valence-corrected chi connectivity index (χ3v) is 4.25. The van der Waals surface area contributed by atoms with Gasteiger partial charge in [-0.05, 0) is 49.2 Å². The Bertz CT molecular complexity index is 726. The molecule has 0 aliphatic carbocycles. The van der Waals surface area contributed by atoms with E-state index in [2.05, 4.69) is 5.32 Å². The van der Waals surface area contributed by atoms with Crippen LogP contribution in [0, 0.1) is 0 Å². The Morgan fingerprint density at radius 3 is 2.67 bits per heavy atom. The maximum atomic E-state index is 12.6. The predicted octanol–water partition coefficient (Wildman–Crippen LogP) is 3.52. The van der Waals surface area contributed by atoms with Crippen molar-refractivity contribution in [3.63, 3.8) is 0 Å². The maximum absolute atomic E-state index is 12.6. The van der Waals surface area contributed by atoms with Crippen molar-refractivity contribution >= 4 is 11.6 Å². The van der Waals surface area contributed by atoms with E-state index in [0.29, 0.717) is 36.8 Å². The smallest absolute Gasteiger partial charge is 0.259 e. The highest BCUT2D eigenvalue weighted by molar-refractivity contribution is 6.06. The number of benzene rings is 2. The van der Waals surface area contributed by atoms with Crippen molar-refractivity contribution in [3.8, 4) is 11.5 Å². The molecule has 1 atom stereocenters. The molecule has 1 N–H and O–H groups in total. The van der Waals surface area contributed by atoms with E-state index in [1.54, 1.807) is 25.3 Å². The van der Waals surface area contributed by atoms with Crippen molar-refractivity contribution in [2.24, 2.45) is 0 Å². The van der Waals surface area contributed by atoms with Crippen LogP contribution in [-0.2, 0) is 9.47 Å². The molecule has 1 unspecified atom stereocenters. The van der Waals surface area contributed by atoms with Gasteiger partial charge in [0.1, 0.15) is 24.7 Å². The van der Waals surface area contributed by atoms with Crippen LogP contribution in [0.3, 0.4) is 0 Å². The lowest BCUT2D eigenvalue weighted by molar-refractivity contribution is 0.0679. The first-order chi connectivity index (χ1) is 13.3. The molecule has 1 aliphatic rings. The van der Waals surface area contributed by atoms with Gasteiger partial charge in [-0.2, -0.15) is 0 Å². The summed E-state index contributed by atoms with van der Waals surface area (Å²) in [7, 11) is 1.61. The van der Waals surface area contributed by atoms with Gasteiger partial charge in [0.15, 0.2) is 0 Å². The molecule has 1 amide bonds. The summed E-state index contributed by atoms with van der Waals surface area (Å²) in [6, 6.07) is 14.5. The molecule has 0 bridgehead atoms. The second kappa shape index (κ2) is 9.94. The summed E-state index contributed by atoms with van der Waals surface area (Å²) in [5.41, 5.74) is 1.17. The number of para-hydroxylation sites is 1. The van der Waals surface area contributed by atoms with E-state index >= 15 is 0 Å². The van der Waals surface area contributed by atoms with E-state index in [0.717, 1.165) is 25.2 Å². The molecule has 0 radical (unpaired) electrons. The fourth-order valence-electron chi connectivity index (χ4n) is 2.81. The number of nitrogens with one attached hydrogen (secondary N) is 1. The molecule has 2 aromatic carbocycles. The van der Waals surface area contributed by atoms with Gasteiger partial charge in [0.05, 0.1) is 18.3 Å². The highest BCUT2D eigenvalue weighted by Crippen LogP contribution is 2.22. The number of carbonyl (C=O) groups is 1. The molecular weight excluding hydrogens is 346 g/mol. The minimum absolute atomic E-state index is 0.180. The molecule has 6 heteroatoms. The van der Waals surface area contributed by atoms with E-state index in [9.17, 15) is 4.79 Å². The molecule has 2 aromatic rings. The van der Waals surface area contributed by atoms with Crippen LogP contribution in [0.5, 0.6) is 11.5 Å². The van der Waals surface area contributed by atoms with Crippen LogP contribution in [0.1, 0.15) is 23.2 Å². The molecule has 1 saturated heterocycles. The molecule has 0 aromatic heterocycles. The van der Waals surface area contributed by atoms with Crippen LogP contribution >= 0.6 is 0 Å². The zero-order valence-electron chi connectivity index (χ0n) is 15.5. The largest absolute Gasteiger partial charge is 0.491 e. The summed E-state index contributed by atoms with van der Waals surface area (Å²) in [5.74, 6) is 1.06. The maximum Gasteiger partial charge on any atom is 0.259 e. The van der Waals surface area contributed by atoms with Crippen molar-refractivity contribution in [1.29, 1.82) is 0 Å². The Kier molecular flexibility index (Phi) is 7.07. The van der Waals surface area contributed by atoms with Gasteiger partial charge >= 0.3 is 0 Å². The van der Waals surface area contributed by atoms with Gasteiger partial charge in [0, 0.05) is 19.4 Å². The minimum Gasteiger partial charge on any atom is -0.491 e. The normalized spacial score (nSPS) is 16.1. The van der Waals surface area contributed by atoms with Gasteiger partial charge in [-0.15, -0.1) is 0 Å². The number of anilines is 1. The Morgan fingerprint density at radius 1 is 1.11 bits per heavy atom. The number of hydrogen-bond donors (Lipinski definition) is 1. The molecular formula is C21H25NO5. The summed E-state index contributed by atoms with van der Waals surface area (Å²) >= 11 is 0. The van der Waals surface area contributed by atoms with E-state index in [-0.39, 0.29) is 12.0 Å². The fourth-order valence-corrected chi connectivity index (χ4v) is 2.81. The lowest BCUT2D eigenvalue weighted by Crippen LogP contribution is -2.16. The molecule has 1 fully saturated rings. The fraction of sp³-hybridized carbons (Fsp3) is 0.381. The van der Waals surface area contributed by atoms with Crippen molar-refractivity contribution in [2.45, 2.75) is 18.9 Å². The average Bonchev–Trinajstić information content (AvgIpc) is 3.22. The molecule has 0 saturated carbocycles. The Hall–Kier alpha value is -2.57. The van der Waals surface area contributed by atoms with Gasteiger partial charge in [0.25, 0.3) is 5.91 Å². The molecule has 1 aliphatic heterocycles. The predicted molar refractivity (Wildman–Crippen MR) is 103 cm³/mol.